The number of rotatable bonds is 8. The molecular formula is C35H47N5O6S. The number of amides is 3. The van der Waals surface area contributed by atoms with E-state index in [2.05, 4.69) is 15.5 Å². The Morgan fingerprint density at radius 3 is 2.38 bits per heavy atom. The average molecular weight is 666 g/mol. The molecule has 2 aliphatic heterocycles. The lowest BCUT2D eigenvalue weighted by molar-refractivity contribution is -0.141. The van der Waals surface area contributed by atoms with Gasteiger partial charge < -0.3 is 29.5 Å². The van der Waals surface area contributed by atoms with Crippen molar-refractivity contribution in [2.75, 3.05) is 19.6 Å². The van der Waals surface area contributed by atoms with Crippen LogP contribution in [0.2, 0.25) is 0 Å². The molecule has 2 fully saturated rings. The Labute approximate surface area is 280 Å². The molecule has 3 aromatic rings. The van der Waals surface area contributed by atoms with Crippen LogP contribution in [0.25, 0.3) is 10.4 Å². The third-order valence-corrected chi connectivity index (χ3v) is 9.97. The second-order valence-corrected chi connectivity index (χ2v) is 15.0. The number of aliphatic hydroxyl groups is 1. The summed E-state index contributed by atoms with van der Waals surface area (Å²) in [6, 6.07) is 8.77. The number of likely N-dealkylation sites (tertiary alicyclic amines) is 2. The van der Waals surface area contributed by atoms with Gasteiger partial charge >= 0.3 is 6.09 Å². The maximum atomic E-state index is 14.1. The van der Waals surface area contributed by atoms with Crippen LogP contribution in [0.5, 0.6) is 0 Å². The Morgan fingerprint density at radius 1 is 1.11 bits per heavy atom. The molecule has 0 aliphatic carbocycles. The van der Waals surface area contributed by atoms with Crippen LogP contribution in [0.1, 0.15) is 101 Å². The van der Waals surface area contributed by atoms with Crippen LogP contribution in [0.3, 0.4) is 0 Å². The number of carbonyl (C=O) groups excluding carboxylic acids is 3. The molecule has 47 heavy (non-hydrogen) atoms. The van der Waals surface area contributed by atoms with E-state index in [-0.39, 0.29) is 48.8 Å². The molecule has 0 radical (unpaired) electrons. The van der Waals surface area contributed by atoms with Gasteiger partial charge in [0.05, 0.1) is 33.9 Å². The molecule has 2 N–H and O–H groups in total. The highest BCUT2D eigenvalue weighted by Gasteiger charge is 2.43. The first kappa shape index (κ1) is 34.6. The molecule has 3 amide bonds. The van der Waals surface area contributed by atoms with Crippen molar-refractivity contribution in [3.63, 3.8) is 0 Å². The van der Waals surface area contributed by atoms with Gasteiger partial charge in [-0.15, -0.1) is 11.3 Å². The largest absolute Gasteiger partial charge is 0.444 e. The van der Waals surface area contributed by atoms with Crippen molar-refractivity contribution in [3.8, 4) is 10.4 Å². The summed E-state index contributed by atoms with van der Waals surface area (Å²) >= 11 is 1.59. The average Bonchev–Trinajstić information content (AvgIpc) is 3.76. The first-order chi connectivity index (χ1) is 22.2. The molecule has 12 heteroatoms. The van der Waals surface area contributed by atoms with Gasteiger partial charge in [0, 0.05) is 38.0 Å². The van der Waals surface area contributed by atoms with E-state index in [1.807, 2.05) is 84.3 Å². The summed E-state index contributed by atoms with van der Waals surface area (Å²) < 4.78 is 11.3. The van der Waals surface area contributed by atoms with Crippen molar-refractivity contribution in [2.24, 2.45) is 5.92 Å². The minimum absolute atomic E-state index is 0.0710. The maximum absolute atomic E-state index is 14.1. The van der Waals surface area contributed by atoms with Crippen LogP contribution in [0.4, 0.5) is 4.79 Å². The Balaban J connectivity index is 1.23. The highest BCUT2D eigenvalue weighted by Crippen LogP contribution is 2.35. The molecule has 0 bridgehead atoms. The summed E-state index contributed by atoms with van der Waals surface area (Å²) in [4.78, 5) is 48.8. The fourth-order valence-electron chi connectivity index (χ4n) is 6.44. The van der Waals surface area contributed by atoms with Crippen LogP contribution < -0.4 is 5.32 Å². The SMILES string of the molecule is Cc1ncsc1-c1ccc([C@H](C)NC(=O)[C@@H]2C[C@@H](O)CN2C(=O)C(c2cc(C3CCN(C(=O)OC(C)(C)C)CC3)no2)C(C)C)cc1. The van der Waals surface area contributed by atoms with Gasteiger partial charge in [0.2, 0.25) is 11.8 Å². The molecule has 2 aliphatic rings. The summed E-state index contributed by atoms with van der Waals surface area (Å²) in [7, 11) is 0. The number of hydrogen-bond acceptors (Lipinski definition) is 9. The summed E-state index contributed by atoms with van der Waals surface area (Å²) in [5.74, 6) is -0.849. The molecule has 4 atom stereocenters. The number of hydrogen-bond donors (Lipinski definition) is 2. The number of nitrogens with one attached hydrogen (secondary N) is 1. The quantitative estimate of drug-likeness (QED) is 0.308. The number of β-amino-alcohol motifs (C(OH)–C–C–N with tert-alkyl or cyclic N) is 1. The predicted molar refractivity (Wildman–Crippen MR) is 179 cm³/mol. The number of aliphatic hydroxyl groups excluding tert-OH is 1. The molecule has 2 aromatic heterocycles. The number of aromatic nitrogens is 2. The molecule has 2 saturated heterocycles. The third kappa shape index (κ3) is 8.03. The molecule has 4 heterocycles. The van der Waals surface area contributed by atoms with Gasteiger partial charge in [-0.25, -0.2) is 9.78 Å². The zero-order chi connectivity index (χ0) is 34.0. The number of nitrogens with zero attached hydrogens (tertiary/aromatic N) is 4. The van der Waals surface area contributed by atoms with E-state index in [9.17, 15) is 19.5 Å². The van der Waals surface area contributed by atoms with E-state index >= 15 is 0 Å². The van der Waals surface area contributed by atoms with Crippen molar-refractivity contribution in [2.45, 2.75) is 103 Å². The van der Waals surface area contributed by atoms with Gasteiger partial charge in [-0.1, -0.05) is 43.3 Å². The highest BCUT2D eigenvalue weighted by molar-refractivity contribution is 7.13. The maximum Gasteiger partial charge on any atom is 0.410 e. The normalized spacial score (nSPS) is 20.4. The van der Waals surface area contributed by atoms with Crippen molar-refractivity contribution in [1.82, 2.24) is 25.3 Å². The highest BCUT2D eigenvalue weighted by atomic mass is 32.1. The Hall–Kier alpha value is -3.77. The van der Waals surface area contributed by atoms with Crippen LogP contribution in [-0.2, 0) is 14.3 Å². The van der Waals surface area contributed by atoms with Gasteiger partial charge in [-0.05, 0) is 64.5 Å². The van der Waals surface area contributed by atoms with Crippen LogP contribution in [-0.4, -0.2) is 80.3 Å². The van der Waals surface area contributed by atoms with Crippen molar-refractivity contribution in [1.29, 1.82) is 0 Å². The molecule has 1 aromatic carbocycles. The second-order valence-electron chi connectivity index (χ2n) is 14.1. The molecule has 254 valence electrons. The van der Waals surface area contributed by atoms with E-state index in [0.717, 1.165) is 27.4 Å². The first-order valence-electron chi connectivity index (χ1n) is 16.5. The van der Waals surface area contributed by atoms with Crippen LogP contribution >= 0.6 is 11.3 Å². The lowest BCUT2D eigenvalue weighted by Gasteiger charge is -2.32. The second kappa shape index (κ2) is 14.1. The standard InChI is InChI=1S/C35H47N5O6S/c1-20(2)30(29-17-27(38-46-29)24-12-14-39(15-13-24)34(44)45-35(5,6)7)33(43)40-18-26(41)16-28(40)32(42)37-21(3)23-8-10-25(11-9-23)31-22(4)36-19-47-31/h8-11,17,19-21,24,26,28,30,41H,12-16,18H2,1-7H3,(H,37,42)/t21-,26+,28-,30?/m0/s1. The third-order valence-electron chi connectivity index (χ3n) is 8.99. The number of thiazole rings is 1. The first-order valence-corrected chi connectivity index (χ1v) is 17.3. The molecule has 5 rings (SSSR count). The number of ether oxygens (including phenoxy) is 1. The summed E-state index contributed by atoms with van der Waals surface area (Å²) in [5.41, 5.74) is 5.02. The molecular weight excluding hydrogens is 618 g/mol. The van der Waals surface area contributed by atoms with Crippen molar-refractivity contribution < 1.29 is 28.8 Å². The minimum atomic E-state index is -0.806. The van der Waals surface area contributed by atoms with Gasteiger partial charge in [0.25, 0.3) is 0 Å². The topological polar surface area (TPSA) is 138 Å². The molecule has 0 saturated carbocycles. The van der Waals surface area contributed by atoms with Crippen molar-refractivity contribution >= 4 is 29.2 Å². The Kier molecular flexibility index (Phi) is 10.4. The van der Waals surface area contributed by atoms with Gasteiger partial charge in [-0.3, -0.25) is 9.59 Å². The number of aryl methyl sites for hydroxylation is 1. The molecule has 1 unspecified atom stereocenters. The summed E-state index contributed by atoms with van der Waals surface area (Å²) in [6.07, 6.45) is 0.454. The Bertz CT molecular complexity index is 1550. The number of piperidine rings is 1. The fraction of sp³-hybridized carbons (Fsp3) is 0.571. The summed E-state index contributed by atoms with van der Waals surface area (Å²) in [6.45, 7) is 14.5. The summed E-state index contributed by atoms with van der Waals surface area (Å²) in [5, 5.41) is 18.0. The van der Waals surface area contributed by atoms with Gasteiger partial charge in [0.1, 0.15) is 23.3 Å². The zero-order valence-corrected chi connectivity index (χ0v) is 29.2. The van der Waals surface area contributed by atoms with E-state index in [0.29, 0.717) is 31.7 Å². The minimum Gasteiger partial charge on any atom is -0.444 e. The smallest absolute Gasteiger partial charge is 0.410 e. The van der Waals surface area contributed by atoms with E-state index in [1.54, 1.807) is 16.2 Å². The predicted octanol–water partition coefficient (Wildman–Crippen LogP) is 5.80. The van der Waals surface area contributed by atoms with Gasteiger partial charge in [0.15, 0.2) is 0 Å². The number of benzene rings is 1. The number of carbonyl (C=O) groups is 3. The molecule has 0 spiro atoms. The zero-order valence-electron chi connectivity index (χ0n) is 28.4. The van der Waals surface area contributed by atoms with E-state index < -0.39 is 23.7 Å². The lowest BCUT2D eigenvalue weighted by atomic mass is 9.89. The van der Waals surface area contributed by atoms with Crippen LogP contribution in [0.15, 0.2) is 40.4 Å². The monoisotopic (exact) mass is 665 g/mol. The lowest BCUT2D eigenvalue weighted by Crippen LogP contribution is -2.48. The van der Waals surface area contributed by atoms with E-state index in [4.69, 9.17) is 9.26 Å². The fourth-order valence-corrected chi connectivity index (χ4v) is 7.25. The van der Waals surface area contributed by atoms with Crippen LogP contribution in [0, 0.1) is 12.8 Å². The molecule has 11 nitrogen and oxygen atoms in total. The van der Waals surface area contributed by atoms with E-state index in [1.165, 1.54) is 4.90 Å². The Morgan fingerprint density at radius 2 is 1.79 bits per heavy atom. The van der Waals surface area contributed by atoms with Crippen molar-refractivity contribution in [3.05, 3.63) is 58.6 Å². The van der Waals surface area contributed by atoms with Gasteiger partial charge in [-0.2, -0.15) is 0 Å².